The summed E-state index contributed by atoms with van der Waals surface area (Å²) in [7, 11) is 1.72. The third kappa shape index (κ3) is 2.39. The molecule has 0 aromatic carbocycles. The summed E-state index contributed by atoms with van der Waals surface area (Å²) < 4.78 is 3.32. The molecule has 136 valence electrons. The minimum Gasteiger partial charge on any atom is -0.382 e. The average Bonchev–Trinajstić information content (AvgIpc) is 3.37. The molecule has 5 rings (SSSR count). The highest BCUT2D eigenvalue weighted by Crippen LogP contribution is 2.34. The number of nitrogens with two attached hydrogens (primary N) is 1. The van der Waals surface area contributed by atoms with Crippen molar-refractivity contribution in [3.05, 3.63) is 65.6 Å². The van der Waals surface area contributed by atoms with E-state index in [2.05, 4.69) is 15.1 Å². The van der Waals surface area contributed by atoms with Gasteiger partial charge in [0.1, 0.15) is 17.6 Å². The van der Waals surface area contributed by atoms with E-state index in [0.717, 1.165) is 22.6 Å². The van der Waals surface area contributed by atoms with Crippen molar-refractivity contribution < 1.29 is 4.79 Å². The standard InChI is InChI=1S/C18H18N8O/c1-24-14(9-15(19)23-24)18(27)25-7-5-12-16(21-10-20-12)17(25)13-8-11-4-2-3-6-26(11)22-13/h2-4,6,8-10,17H,5,7H2,1H3,(H2,19,23)(H,20,21). The van der Waals surface area contributed by atoms with Crippen LogP contribution in [0, 0.1) is 0 Å². The number of imidazole rings is 1. The number of anilines is 1. The first kappa shape index (κ1) is 15.6. The third-order valence-corrected chi connectivity index (χ3v) is 4.97. The maximum absolute atomic E-state index is 13.3. The van der Waals surface area contributed by atoms with Gasteiger partial charge in [-0.3, -0.25) is 9.48 Å². The van der Waals surface area contributed by atoms with E-state index in [9.17, 15) is 4.79 Å². The predicted octanol–water partition coefficient (Wildman–Crippen LogP) is 1.16. The Hall–Kier alpha value is -3.62. The highest BCUT2D eigenvalue weighted by atomic mass is 16.2. The van der Waals surface area contributed by atoms with Crippen molar-refractivity contribution in [3.8, 4) is 0 Å². The van der Waals surface area contributed by atoms with E-state index in [1.54, 1.807) is 28.9 Å². The molecule has 0 saturated heterocycles. The van der Waals surface area contributed by atoms with E-state index in [1.165, 1.54) is 4.68 Å². The molecule has 1 aliphatic rings. The molecule has 4 aromatic heterocycles. The number of aromatic amines is 1. The second kappa shape index (κ2) is 5.70. The summed E-state index contributed by atoms with van der Waals surface area (Å²) in [6.07, 6.45) is 4.27. The number of nitrogens with one attached hydrogen (secondary N) is 1. The molecular weight excluding hydrogens is 344 g/mol. The van der Waals surface area contributed by atoms with Crippen LogP contribution in [0.5, 0.6) is 0 Å². The molecule has 27 heavy (non-hydrogen) atoms. The van der Waals surface area contributed by atoms with Gasteiger partial charge in [-0.1, -0.05) is 6.07 Å². The lowest BCUT2D eigenvalue weighted by atomic mass is 9.99. The third-order valence-electron chi connectivity index (χ3n) is 4.97. The number of hydrogen-bond donors (Lipinski definition) is 2. The smallest absolute Gasteiger partial charge is 0.273 e. The number of carbonyl (C=O) groups is 1. The van der Waals surface area contributed by atoms with Gasteiger partial charge >= 0.3 is 0 Å². The average molecular weight is 362 g/mol. The molecule has 9 heteroatoms. The number of amides is 1. The second-order valence-corrected chi connectivity index (χ2v) is 6.63. The summed E-state index contributed by atoms with van der Waals surface area (Å²) in [5.74, 6) is 0.181. The highest BCUT2D eigenvalue weighted by molar-refractivity contribution is 5.94. The first-order valence-electron chi connectivity index (χ1n) is 8.69. The zero-order valence-electron chi connectivity index (χ0n) is 14.7. The lowest BCUT2D eigenvalue weighted by molar-refractivity contribution is 0.0675. The van der Waals surface area contributed by atoms with Crippen LogP contribution in [0.1, 0.15) is 33.6 Å². The maximum Gasteiger partial charge on any atom is 0.273 e. The minimum absolute atomic E-state index is 0.141. The van der Waals surface area contributed by atoms with E-state index < -0.39 is 0 Å². The molecule has 0 spiro atoms. The molecule has 1 atom stereocenters. The summed E-state index contributed by atoms with van der Waals surface area (Å²) in [5, 5.41) is 8.79. The van der Waals surface area contributed by atoms with Crippen molar-refractivity contribution >= 4 is 17.2 Å². The Morgan fingerprint density at radius 3 is 2.96 bits per heavy atom. The molecule has 0 saturated carbocycles. The molecule has 0 fully saturated rings. The van der Waals surface area contributed by atoms with Gasteiger partial charge in [-0.05, 0) is 18.2 Å². The topological polar surface area (TPSA) is 110 Å². The highest BCUT2D eigenvalue weighted by Gasteiger charge is 2.37. The fourth-order valence-corrected chi connectivity index (χ4v) is 3.72. The Labute approximate surface area is 154 Å². The van der Waals surface area contributed by atoms with E-state index in [1.807, 2.05) is 30.5 Å². The van der Waals surface area contributed by atoms with Crippen molar-refractivity contribution in [1.29, 1.82) is 0 Å². The summed E-state index contributed by atoms with van der Waals surface area (Å²) in [4.78, 5) is 22.8. The number of H-pyrrole nitrogens is 1. The van der Waals surface area contributed by atoms with Crippen molar-refractivity contribution in [2.24, 2.45) is 7.05 Å². The van der Waals surface area contributed by atoms with Crippen LogP contribution in [-0.4, -0.2) is 46.7 Å². The van der Waals surface area contributed by atoms with Gasteiger partial charge < -0.3 is 15.6 Å². The Morgan fingerprint density at radius 2 is 2.19 bits per heavy atom. The van der Waals surface area contributed by atoms with Gasteiger partial charge in [0.2, 0.25) is 0 Å². The number of hydrogen-bond acceptors (Lipinski definition) is 5. The fourth-order valence-electron chi connectivity index (χ4n) is 3.72. The number of rotatable bonds is 2. The molecule has 1 aliphatic heterocycles. The molecule has 1 unspecified atom stereocenters. The zero-order chi connectivity index (χ0) is 18.5. The molecule has 4 aromatic rings. The number of pyridine rings is 1. The molecule has 0 radical (unpaired) electrons. The monoisotopic (exact) mass is 362 g/mol. The fraction of sp³-hybridized carbons (Fsp3) is 0.222. The van der Waals surface area contributed by atoms with E-state index in [-0.39, 0.29) is 11.9 Å². The van der Waals surface area contributed by atoms with E-state index in [0.29, 0.717) is 24.5 Å². The van der Waals surface area contributed by atoms with Crippen molar-refractivity contribution in [1.82, 2.24) is 34.3 Å². The Morgan fingerprint density at radius 1 is 1.30 bits per heavy atom. The summed E-state index contributed by atoms with van der Waals surface area (Å²) in [6, 6.07) is 9.09. The SMILES string of the molecule is Cn1nc(N)cc1C(=O)N1CCc2[nH]cnc2C1c1cc2ccccn2n1. The van der Waals surface area contributed by atoms with Crippen LogP contribution < -0.4 is 5.73 Å². The zero-order valence-corrected chi connectivity index (χ0v) is 14.7. The van der Waals surface area contributed by atoms with E-state index in [4.69, 9.17) is 10.8 Å². The molecule has 5 heterocycles. The Bertz CT molecular complexity index is 1120. The van der Waals surface area contributed by atoms with Crippen LogP contribution in [0.4, 0.5) is 5.82 Å². The molecular formula is C18H18N8O. The van der Waals surface area contributed by atoms with Crippen LogP contribution in [0.15, 0.2) is 42.9 Å². The van der Waals surface area contributed by atoms with Gasteiger partial charge in [-0.15, -0.1) is 0 Å². The van der Waals surface area contributed by atoms with Crippen LogP contribution in [-0.2, 0) is 13.5 Å². The van der Waals surface area contributed by atoms with Crippen molar-refractivity contribution in [3.63, 3.8) is 0 Å². The maximum atomic E-state index is 13.3. The summed E-state index contributed by atoms with van der Waals surface area (Å²) >= 11 is 0. The van der Waals surface area contributed by atoms with Gasteiger partial charge in [0.25, 0.3) is 5.91 Å². The summed E-state index contributed by atoms with van der Waals surface area (Å²) in [6.45, 7) is 0.553. The molecule has 9 nitrogen and oxygen atoms in total. The number of nitrogen functional groups attached to an aromatic ring is 1. The number of nitrogens with zero attached hydrogens (tertiary/aromatic N) is 6. The number of carbonyl (C=O) groups excluding carboxylic acids is 1. The van der Waals surface area contributed by atoms with Crippen LogP contribution >= 0.6 is 0 Å². The van der Waals surface area contributed by atoms with Gasteiger partial charge in [0.15, 0.2) is 0 Å². The Kier molecular flexibility index (Phi) is 3.30. The first-order valence-corrected chi connectivity index (χ1v) is 8.69. The lowest BCUT2D eigenvalue weighted by Crippen LogP contribution is -2.41. The summed E-state index contributed by atoms with van der Waals surface area (Å²) in [5.41, 5.74) is 9.81. The quantitative estimate of drug-likeness (QED) is 0.556. The van der Waals surface area contributed by atoms with Crippen molar-refractivity contribution in [2.75, 3.05) is 12.3 Å². The van der Waals surface area contributed by atoms with Crippen molar-refractivity contribution in [2.45, 2.75) is 12.5 Å². The second-order valence-electron chi connectivity index (χ2n) is 6.63. The van der Waals surface area contributed by atoms with Gasteiger partial charge in [0.05, 0.1) is 23.2 Å². The van der Waals surface area contributed by atoms with Crippen LogP contribution in [0.3, 0.4) is 0 Å². The number of aromatic nitrogens is 6. The van der Waals surface area contributed by atoms with Gasteiger partial charge in [-0.2, -0.15) is 10.2 Å². The molecule has 0 aliphatic carbocycles. The lowest BCUT2D eigenvalue weighted by Gasteiger charge is -2.33. The largest absolute Gasteiger partial charge is 0.382 e. The van der Waals surface area contributed by atoms with Crippen LogP contribution in [0.2, 0.25) is 0 Å². The number of aryl methyl sites for hydroxylation is 1. The minimum atomic E-state index is -0.372. The van der Waals surface area contributed by atoms with Gasteiger partial charge in [0, 0.05) is 38.0 Å². The van der Waals surface area contributed by atoms with E-state index >= 15 is 0 Å². The van der Waals surface area contributed by atoms with Gasteiger partial charge in [-0.25, -0.2) is 9.50 Å². The number of fused-ring (bicyclic) bond motifs is 2. The van der Waals surface area contributed by atoms with Crippen LogP contribution in [0.25, 0.3) is 5.52 Å². The molecule has 0 bridgehead atoms. The molecule has 1 amide bonds. The Balaban J connectivity index is 1.64. The first-order chi connectivity index (χ1) is 13.1. The normalized spacial score (nSPS) is 16.6. The predicted molar refractivity (Wildman–Crippen MR) is 98.0 cm³/mol. The molecule has 3 N–H and O–H groups in total.